The first kappa shape index (κ1) is 27.5. The van der Waals surface area contributed by atoms with Crippen LogP contribution in [0.2, 0.25) is 5.02 Å². The Labute approximate surface area is 228 Å². The van der Waals surface area contributed by atoms with Crippen LogP contribution in [-0.2, 0) is 32.7 Å². The highest BCUT2D eigenvalue weighted by Crippen LogP contribution is 2.26. The van der Waals surface area contributed by atoms with Crippen LogP contribution < -0.4 is 14.4 Å². The van der Waals surface area contributed by atoms with Gasteiger partial charge in [0.1, 0.15) is 12.3 Å². The Bertz CT molecular complexity index is 1380. The Morgan fingerprint density at radius 3 is 2.42 bits per heavy atom. The minimum Gasteiger partial charge on any atom is -0.494 e. The van der Waals surface area contributed by atoms with Gasteiger partial charge in [-0.05, 0) is 73.0 Å². The highest BCUT2D eigenvalue weighted by molar-refractivity contribution is 7.92. The summed E-state index contributed by atoms with van der Waals surface area (Å²) < 4.78 is 33.6. The molecule has 0 radical (unpaired) electrons. The molecule has 2 amide bonds. The molecule has 0 unspecified atom stereocenters. The summed E-state index contributed by atoms with van der Waals surface area (Å²) in [5, 5.41) is 3.23. The number of carbonyl (C=O) groups excluding carboxylic acids is 2. The van der Waals surface area contributed by atoms with Crippen molar-refractivity contribution in [3.63, 3.8) is 0 Å². The van der Waals surface area contributed by atoms with Crippen LogP contribution in [0.5, 0.6) is 5.75 Å². The van der Waals surface area contributed by atoms with Crippen molar-refractivity contribution >= 4 is 39.1 Å². The number of amides is 2. The van der Waals surface area contributed by atoms with Crippen molar-refractivity contribution in [1.82, 2.24) is 10.2 Å². The molecule has 0 spiro atoms. The van der Waals surface area contributed by atoms with E-state index in [0.29, 0.717) is 36.0 Å². The lowest BCUT2D eigenvalue weighted by Gasteiger charge is -2.24. The first-order valence-electron chi connectivity index (χ1n) is 12.4. The van der Waals surface area contributed by atoms with Crippen molar-refractivity contribution < 1.29 is 22.7 Å². The first-order valence-corrected chi connectivity index (χ1v) is 14.2. The van der Waals surface area contributed by atoms with E-state index >= 15 is 0 Å². The summed E-state index contributed by atoms with van der Waals surface area (Å²) in [6.07, 6.45) is 1.46. The number of sulfonamides is 1. The molecule has 0 aliphatic carbocycles. The largest absolute Gasteiger partial charge is 0.494 e. The third kappa shape index (κ3) is 6.85. The molecule has 3 aromatic carbocycles. The number of hydrogen-bond donors (Lipinski definition) is 1. The molecule has 1 N–H and O–H groups in total. The van der Waals surface area contributed by atoms with E-state index in [9.17, 15) is 18.0 Å². The SMILES string of the molecule is CCOc1ccc(N(CC(=O)NCc2cccc(CN3CCCC3=O)c2)S(=O)(=O)c2ccc(Cl)cc2)cc1. The van der Waals surface area contributed by atoms with Crippen LogP contribution in [0, 0.1) is 0 Å². The van der Waals surface area contributed by atoms with Crippen molar-refractivity contribution in [1.29, 1.82) is 0 Å². The van der Waals surface area contributed by atoms with Crippen LogP contribution >= 0.6 is 11.6 Å². The van der Waals surface area contributed by atoms with Gasteiger partial charge < -0.3 is 15.0 Å². The summed E-state index contributed by atoms with van der Waals surface area (Å²) in [6.45, 7) is 3.43. The number of nitrogens with zero attached hydrogens (tertiary/aromatic N) is 2. The molecule has 0 atom stereocenters. The van der Waals surface area contributed by atoms with Gasteiger partial charge in [-0.2, -0.15) is 0 Å². The zero-order valence-electron chi connectivity index (χ0n) is 21.1. The van der Waals surface area contributed by atoms with Gasteiger partial charge in [0.25, 0.3) is 10.0 Å². The highest BCUT2D eigenvalue weighted by Gasteiger charge is 2.27. The quantitative estimate of drug-likeness (QED) is 0.379. The molecule has 0 bridgehead atoms. The molecule has 0 saturated carbocycles. The number of ether oxygens (including phenoxy) is 1. The number of likely N-dealkylation sites (tertiary alicyclic amines) is 1. The van der Waals surface area contributed by atoms with Gasteiger partial charge in [-0.15, -0.1) is 0 Å². The maximum atomic E-state index is 13.5. The lowest BCUT2D eigenvalue weighted by Crippen LogP contribution is -2.40. The van der Waals surface area contributed by atoms with Crippen LogP contribution in [0.15, 0.2) is 77.7 Å². The topological polar surface area (TPSA) is 96.0 Å². The maximum Gasteiger partial charge on any atom is 0.264 e. The van der Waals surface area contributed by atoms with Gasteiger partial charge in [0.05, 0.1) is 17.2 Å². The van der Waals surface area contributed by atoms with Crippen LogP contribution in [0.3, 0.4) is 0 Å². The van der Waals surface area contributed by atoms with Crippen molar-refractivity contribution in [2.45, 2.75) is 37.8 Å². The zero-order valence-corrected chi connectivity index (χ0v) is 22.7. The number of halogens is 1. The Balaban J connectivity index is 1.49. The Hall–Kier alpha value is -3.56. The van der Waals surface area contributed by atoms with E-state index in [1.54, 1.807) is 24.3 Å². The van der Waals surface area contributed by atoms with E-state index in [1.165, 1.54) is 24.3 Å². The number of benzene rings is 3. The minimum absolute atomic E-state index is 0.0211. The molecule has 1 aliphatic rings. The molecule has 8 nitrogen and oxygen atoms in total. The second kappa shape index (κ2) is 12.3. The standard InChI is InChI=1S/C28H30ClN3O5S/c1-2-37-25-12-10-24(11-13-25)32(38(35,36)26-14-8-23(29)9-15-26)20-27(33)30-18-21-5-3-6-22(17-21)19-31-16-4-7-28(31)34/h3,5-6,8-15,17H,2,4,7,16,18-20H2,1H3,(H,30,33). The molecule has 1 fully saturated rings. The summed E-state index contributed by atoms with van der Waals surface area (Å²) in [6, 6.07) is 20.0. The van der Waals surface area contributed by atoms with Crippen LogP contribution in [0.25, 0.3) is 0 Å². The van der Waals surface area contributed by atoms with Crippen molar-refractivity contribution in [3.8, 4) is 5.75 Å². The maximum absolute atomic E-state index is 13.5. The fourth-order valence-electron chi connectivity index (χ4n) is 4.24. The normalized spacial score (nSPS) is 13.4. The number of hydrogen-bond acceptors (Lipinski definition) is 5. The minimum atomic E-state index is -4.06. The van der Waals surface area contributed by atoms with Gasteiger partial charge in [-0.25, -0.2) is 8.42 Å². The number of nitrogens with one attached hydrogen (secondary N) is 1. The van der Waals surface area contributed by atoms with E-state index < -0.39 is 22.5 Å². The number of rotatable bonds is 11. The van der Waals surface area contributed by atoms with E-state index in [1.807, 2.05) is 36.1 Å². The molecular weight excluding hydrogens is 526 g/mol. The summed E-state index contributed by atoms with van der Waals surface area (Å²) in [7, 11) is -4.06. The smallest absolute Gasteiger partial charge is 0.264 e. The average molecular weight is 556 g/mol. The van der Waals surface area contributed by atoms with E-state index in [2.05, 4.69) is 5.32 Å². The Morgan fingerprint density at radius 2 is 1.76 bits per heavy atom. The second-order valence-corrected chi connectivity index (χ2v) is 11.2. The van der Waals surface area contributed by atoms with Crippen LogP contribution in [0.1, 0.15) is 30.9 Å². The summed E-state index contributed by atoms with van der Waals surface area (Å²) in [4.78, 5) is 26.8. The number of carbonyl (C=O) groups is 2. The third-order valence-corrected chi connectivity index (χ3v) is 8.19. The van der Waals surface area contributed by atoms with Crippen LogP contribution in [0.4, 0.5) is 5.69 Å². The molecule has 0 aromatic heterocycles. The summed E-state index contributed by atoms with van der Waals surface area (Å²) in [5.74, 6) is 0.289. The van der Waals surface area contributed by atoms with E-state index in [-0.39, 0.29) is 17.3 Å². The molecule has 10 heteroatoms. The fourth-order valence-corrected chi connectivity index (χ4v) is 5.79. The van der Waals surface area contributed by atoms with E-state index in [0.717, 1.165) is 28.4 Å². The predicted octanol–water partition coefficient (Wildman–Crippen LogP) is 4.37. The summed E-state index contributed by atoms with van der Waals surface area (Å²) >= 11 is 5.95. The highest BCUT2D eigenvalue weighted by atomic mass is 35.5. The molecule has 3 aromatic rings. The second-order valence-electron chi connectivity index (χ2n) is 8.91. The van der Waals surface area contributed by atoms with Crippen LogP contribution in [-0.4, -0.2) is 44.8 Å². The summed E-state index contributed by atoms with van der Waals surface area (Å²) in [5.41, 5.74) is 2.17. The lowest BCUT2D eigenvalue weighted by atomic mass is 10.1. The molecule has 1 saturated heterocycles. The Morgan fingerprint density at radius 1 is 1.05 bits per heavy atom. The molecule has 1 aliphatic heterocycles. The molecule has 1 heterocycles. The van der Waals surface area contributed by atoms with Gasteiger partial charge in [-0.3, -0.25) is 13.9 Å². The zero-order chi connectivity index (χ0) is 27.1. The molecule has 200 valence electrons. The van der Waals surface area contributed by atoms with E-state index in [4.69, 9.17) is 16.3 Å². The van der Waals surface area contributed by atoms with Gasteiger partial charge in [0.15, 0.2) is 0 Å². The molecule has 4 rings (SSSR count). The first-order chi connectivity index (χ1) is 18.3. The third-order valence-electron chi connectivity index (χ3n) is 6.15. The predicted molar refractivity (Wildman–Crippen MR) is 147 cm³/mol. The number of anilines is 1. The fraction of sp³-hybridized carbons (Fsp3) is 0.286. The molecule has 38 heavy (non-hydrogen) atoms. The van der Waals surface area contributed by atoms with Gasteiger partial charge in [0.2, 0.25) is 11.8 Å². The van der Waals surface area contributed by atoms with Gasteiger partial charge in [0, 0.05) is 31.1 Å². The molecular formula is C28H30ClN3O5S. The average Bonchev–Trinajstić information content (AvgIpc) is 3.31. The van der Waals surface area contributed by atoms with Gasteiger partial charge in [-0.1, -0.05) is 35.9 Å². The lowest BCUT2D eigenvalue weighted by molar-refractivity contribution is -0.128. The van der Waals surface area contributed by atoms with Crippen molar-refractivity contribution in [2.24, 2.45) is 0 Å². The monoisotopic (exact) mass is 555 g/mol. The van der Waals surface area contributed by atoms with Gasteiger partial charge >= 0.3 is 0 Å². The van der Waals surface area contributed by atoms with Crippen molar-refractivity contribution in [3.05, 3.63) is 88.9 Å². The van der Waals surface area contributed by atoms with Crippen molar-refractivity contribution in [2.75, 3.05) is 24.0 Å². The Kier molecular flexibility index (Phi) is 8.91.